The van der Waals surface area contributed by atoms with E-state index >= 15 is 0 Å². The lowest BCUT2D eigenvalue weighted by Crippen LogP contribution is -2.18. The predicted octanol–water partition coefficient (Wildman–Crippen LogP) is 6.79. The van der Waals surface area contributed by atoms with Crippen molar-refractivity contribution in [2.45, 2.75) is 40.0 Å². The zero-order valence-electron chi connectivity index (χ0n) is 18.9. The van der Waals surface area contributed by atoms with Crippen molar-refractivity contribution in [1.82, 2.24) is 0 Å². The van der Waals surface area contributed by atoms with E-state index in [1.807, 2.05) is 19.1 Å². The molecule has 0 unspecified atom stereocenters. The molecule has 3 rings (SSSR count). The van der Waals surface area contributed by atoms with E-state index in [9.17, 15) is 22.8 Å². The predicted molar refractivity (Wildman–Crippen MR) is 125 cm³/mol. The molecule has 0 fully saturated rings. The van der Waals surface area contributed by atoms with Crippen LogP contribution in [-0.2, 0) is 20.7 Å². The van der Waals surface area contributed by atoms with Crippen LogP contribution < -0.4 is 9.47 Å². The van der Waals surface area contributed by atoms with E-state index in [4.69, 9.17) is 9.47 Å². The normalized spacial score (nSPS) is 11.5. The fourth-order valence-corrected chi connectivity index (χ4v) is 4.64. The summed E-state index contributed by atoms with van der Waals surface area (Å²) in [4.78, 5) is 23.5. The quantitative estimate of drug-likeness (QED) is 0.150. The highest BCUT2D eigenvalue weighted by Gasteiger charge is 2.34. The first kappa shape index (κ1) is 25.3. The Balaban J connectivity index is 2.00. The second-order valence-corrected chi connectivity index (χ2v) is 8.86. The van der Waals surface area contributed by atoms with Crippen LogP contribution in [0.2, 0.25) is 0 Å². The lowest BCUT2D eigenvalue weighted by atomic mass is 10.0. The van der Waals surface area contributed by atoms with E-state index in [0.29, 0.717) is 23.8 Å². The third-order valence-electron chi connectivity index (χ3n) is 5.03. The number of carbonyl (C=O) groups excluding carboxylic acids is 2. The summed E-state index contributed by atoms with van der Waals surface area (Å²) >= 11 is 1.13. The van der Waals surface area contributed by atoms with Crippen molar-refractivity contribution in [3.05, 3.63) is 59.7 Å². The Kier molecular flexibility index (Phi) is 7.35. The minimum atomic E-state index is -4.98. The Bertz CT molecular complexity index is 1300. The summed E-state index contributed by atoms with van der Waals surface area (Å²) in [6.07, 6.45) is -3.77. The summed E-state index contributed by atoms with van der Waals surface area (Å²) in [6.45, 7) is 12.1. The van der Waals surface area contributed by atoms with Crippen LogP contribution >= 0.6 is 11.3 Å². The largest absolute Gasteiger partial charge is 0.573 e. The maximum absolute atomic E-state index is 13.2. The minimum absolute atomic E-state index is 0.0452. The number of rotatable bonds is 8. The maximum atomic E-state index is 13.2. The van der Waals surface area contributed by atoms with Gasteiger partial charge < -0.3 is 14.2 Å². The monoisotopic (exact) mass is 492 g/mol. The first-order valence-electron chi connectivity index (χ1n) is 10.3. The summed E-state index contributed by atoms with van der Waals surface area (Å²) in [7, 11) is 0. The standard InChI is InChI=1S/C25H23F3O5S/c1-13(2)23(29)31-12-6-7-16-8-9-17-18-10-11-19(32-24(30)14(3)4)20(33-25(26,27)28)22(18)34-21(17)15(16)5/h8-11H,1,3,6-7,12H2,2,4-5H3. The molecule has 0 saturated carbocycles. The van der Waals surface area contributed by atoms with Crippen molar-refractivity contribution in [3.63, 3.8) is 0 Å². The van der Waals surface area contributed by atoms with Crippen LogP contribution in [0.15, 0.2) is 48.6 Å². The topological polar surface area (TPSA) is 61.8 Å². The van der Waals surface area contributed by atoms with Gasteiger partial charge in [0.05, 0.1) is 11.3 Å². The third-order valence-corrected chi connectivity index (χ3v) is 6.37. The summed E-state index contributed by atoms with van der Waals surface area (Å²) in [5, 5.41) is 1.32. The van der Waals surface area contributed by atoms with Crippen LogP contribution in [0.4, 0.5) is 13.2 Å². The smallest absolute Gasteiger partial charge is 0.462 e. The summed E-state index contributed by atoms with van der Waals surface area (Å²) in [5.41, 5.74) is 2.26. The van der Waals surface area contributed by atoms with Gasteiger partial charge in [-0.3, -0.25) is 0 Å². The van der Waals surface area contributed by atoms with Crippen molar-refractivity contribution in [1.29, 1.82) is 0 Å². The number of benzene rings is 2. The zero-order chi connectivity index (χ0) is 25.2. The van der Waals surface area contributed by atoms with Gasteiger partial charge in [0, 0.05) is 26.6 Å². The molecule has 0 bridgehead atoms. The molecule has 0 saturated heterocycles. The molecular weight excluding hydrogens is 469 g/mol. The Morgan fingerprint density at radius 3 is 2.21 bits per heavy atom. The molecule has 0 amide bonds. The van der Waals surface area contributed by atoms with E-state index in [2.05, 4.69) is 17.9 Å². The second kappa shape index (κ2) is 9.89. The highest BCUT2D eigenvalue weighted by Crippen LogP contribution is 2.47. The van der Waals surface area contributed by atoms with Crippen LogP contribution in [-0.4, -0.2) is 24.9 Å². The van der Waals surface area contributed by atoms with Gasteiger partial charge in [0.15, 0.2) is 11.5 Å². The number of aryl methyl sites for hydroxylation is 2. The molecule has 1 aromatic heterocycles. The Morgan fingerprint density at radius 1 is 0.971 bits per heavy atom. The van der Waals surface area contributed by atoms with Crippen molar-refractivity contribution >= 4 is 43.4 Å². The third kappa shape index (κ3) is 5.59. The van der Waals surface area contributed by atoms with E-state index in [1.54, 1.807) is 13.0 Å². The zero-order valence-corrected chi connectivity index (χ0v) is 19.7. The van der Waals surface area contributed by atoms with Crippen LogP contribution in [0.5, 0.6) is 11.5 Å². The number of halogens is 3. The minimum Gasteiger partial charge on any atom is -0.462 e. The molecule has 0 N–H and O–H groups in total. The Hall–Kier alpha value is -3.33. The molecule has 34 heavy (non-hydrogen) atoms. The highest BCUT2D eigenvalue weighted by molar-refractivity contribution is 7.26. The van der Waals surface area contributed by atoms with Gasteiger partial charge in [0.1, 0.15) is 0 Å². The molecule has 9 heteroatoms. The number of carbonyl (C=O) groups is 2. The van der Waals surface area contributed by atoms with Crippen molar-refractivity contribution in [2.75, 3.05) is 6.61 Å². The van der Waals surface area contributed by atoms with Gasteiger partial charge in [-0.25, -0.2) is 9.59 Å². The summed E-state index contributed by atoms with van der Waals surface area (Å²) in [5.74, 6) is -2.19. The van der Waals surface area contributed by atoms with Gasteiger partial charge in [0.25, 0.3) is 0 Å². The maximum Gasteiger partial charge on any atom is 0.573 e. The molecule has 3 aromatic rings. The van der Waals surface area contributed by atoms with Crippen LogP contribution in [0, 0.1) is 6.92 Å². The molecule has 0 aliphatic heterocycles. The molecular formula is C25H23F3O5S. The number of esters is 2. The number of ether oxygens (including phenoxy) is 3. The van der Waals surface area contributed by atoms with E-state index in [1.165, 1.54) is 13.0 Å². The van der Waals surface area contributed by atoms with Crippen molar-refractivity contribution in [2.24, 2.45) is 0 Å². The molecule has 1 heterocycles. The lowest BCUT2D eigenvalue weighted by Gasteiger charge is -2.14. The van der Waals surface area contributed by atoms with Gasteiger partial charge in [0.2, 0.25) is 0 Å². The summed E-state index contributed by atoms with van der Waals surface area (Å²) < 4.78 is 55.2. The highest BCUT2D eigenvalue weighted by atomic mass is 32.1. The number of hydrogen-bond donors (Lipinski definition) is 0. The number of fused-ring (bicyclic) bond motifs is 3. The fraction of sp³-hybridized carbons (Fsp3) is 0.280. The van der Waals surface area contributed by atoms with Crippen LogP contribution in [0.25, 0.3) is 20.2 Å². The first-order valence-corrected chi connectivity index (χ1v) is 11.1. The molecule has 0 radical (unpaired) electrons. The van der Waals surface area contributed by atoms with E-state index in [0.717, 1.165) is 32.5 Å². The van der Waals surface area contributed by atoms with Gasteiger partial charge in [-0.2, -0.15) is 0 Å². The first-order chi connectivity index (χ1) is 15.9. The van der Waals surface area contributed by atoms with Gasteiger partial charge in [-0.1, -0.05) is 25.3 Å². The molecule has 180 valence electrons. The number of thiophene rings is 1. The molecule has 0 aliphatic carbocycles. The lowest BCUT2D eigenvalue weighted by molar-refractivity contribution is -0.274. The number of hydrogen-bond acceptors (Lipinski definition) is 6. The average molecular weight is 493 g/mol. The molecule has 5 nitrogen and oxygen atoms in total. The van der Waals surface area contributed by atoms with Crippen molar-refractivity contribution < 1.29 is 37.0 Å². The Morgan fingerprint density at radius 2 is 1.59 bits per heavy atom. The second-order valence-electron chi connectivity index (χ2n) is 7.84. The van der Waals surface area contributed by atoms with Crippen LogP contribution in [0.1, 0.15) is 31.4 Å². The molecule has 0 atom stereocenters. The van der Waals surface area contributed by atoms with Crippen LogP contribution in [0.3, 0.4) is 0 Å². The average Bonchev–Trinajstić information content (AvgIpc) is 3.12. The van der Waals surface area contributed by atoms with E-state index in [-0.39, 0.29) is 22.6 Å². The summed E-state index contributed by atoms with van der Waals surface area (Å²) in [6, 6.07) is 6.64. The fourth-order valence-electron chi connectivity index (χ4n) is 3.34. The van der Waals surface area contributed by atoms with E-state index < -0.39 is 24.1 Å². The van der Waals surface area contributed by atoms with Gasteiger partial charge in [-0.05, 0) is 56.9 Å². The Labute approximate surface area is 198 Å². The number of alkyl halides is 3. The van der Waals surface area contributed by atoms with Gasteiger partial charge >= 0.3 is 18.3 Å². The SMILES string of the molecule is C=C(C)C(=O)OCCCc1ccc2c(sc3c(OC(F)(F)F)c(OC(=O)C(=C)C)ccc32)c1C. The molecule has 0 aliphatic rings. The molecule has 0 spiro atoms. The van der Waals surface area contributed by atoms with Crippen molar-refractivity contribution in [3.8, 4) is 11.5 Å². The van der Waals surface area contributed by atoms with Gasteiger partial charge in [-0.15, -0.1) is 24.5 Å². The molecule has 2 aromatic carbocycles.